The number of hydrogen-bond donors (Lipinski definition) is 0. The average Bonchev–Trinajstić information content (AvgIpc) is 2.62. The monoisotopic (exact) mass is 240 g/mol. The molecular formula is C15H32N2. The molecular weight excluding hydrogens is 208 g/mol. The van der Waals surface area contributed by atoms with Crippen molar-refractivity contribution in [3.8, 4) is 0 Å². The number of likely N-dealkylation sites (tertiary alicyclic amines) is 1. The van der Waals surface area contributed by atoms with E-state index in [1.807, 2.05) is 0 Å². The van der Waals surface area contributed by atoms with Gasteiger partial charge in [-0.1, -0.05) is 13.8 Å². The Labute approximate surface area is 108 Å². The van der Waals surface area contributed by atoms with Gasteiger partial charge in [0.1, 0.15) is 0 Å². The van der Waals surface area contributed by atoms with Crippen LogP contribution >= 0.6 is 0 Å². The van der Waals surface area contributed by atoms with Crippen LogP contribution in [0.4, 0.5) is 0 Å². The summed E-state index contributed by atoms with van der Waals surface area (Å²) in [5, 5.41) is 0. The molecule has 1 atom stereocenters. The lowest BCUT2D eigenvalue weighted by Gasteiger charge is -2.31. The van der Waals surface area contributed by atoms with Gasteiger partial charge in [0, 0.05) is 18.6 Å². The van der Waals surface area contributed by atoms with Gasteiger partial charge in [-0.25, -0.2) is 0 Å². The van der Waals surface area contributed by atoms with E-state index in [1.54, 1.807) is 0 Å². The summed E-state index contributed by atoms with van der Waals surface area (Å²) in [6, 6.07) is 1.40. The minimum Gasteiger partial charge on any atom is -0.301 e. The predicted molar refractivity (Wildman–Crippen MR) is 76.4 cm³/mol. The van der Waals surface area contributed by atoms with Crippen molar-refractivity contribution in [3.05, 3.63) is 0 Å². The summed E-state index contributed by atoms with van der Waals surface area (Å²) >= 11 is 0. The van der Waals surface area contributed by atoms with Crippen molar-refractivity contribution >= 4 is 0 Å². The van der Waals surface area contributed by atoms with Crippen molar-refractivity contribution in [2.75, 3.05) is 26.2 Å². The van der Waals surface area contributed by atoms with Crippen LogP contribution in [0.15, 0.2) is 0 Å². The first-order chi connectivity index (χ1) is 7.88. The molecule has 0 bridgehead atoms. The third-order valence-electron chi connectivity index (χ3n) is 4.46. The van der Waals surface area contributed by atoms with Gasteiger partial charge < -0.3 is 9.80 Å². The summed E-state index contributed by atoms with van der Waals surface area (Å²) in [4.78, 5) is 5.22. The molecule has 0 aromatic rings. The van der Waals surface area contributed by atoms with Crippen LogP contribution < -0.4 is 0 Å². The average molecular weight is 240 g/mol. The highest BCUT2D eigenvalue weighted by Gasteiger charge is 2.34. The topological polar surface area (TPSA) is 6.48 Å². The van der Waals surface area contributed by atoms with E-state index in [0.717, 1.165) is 0 Å². The predicted octanol–water partition coefficient (Wildman–Crippen LogP) is 3.23. The van der Waals surface area contributed by atoms with E-state index in [-0.39, 0.29) is 0 Å². The molecule has 0 spiro atoms. The van der Waals surface area contributed by atoms with Gasteiger partial charge in [-0.15, -0.1) is 0 Å². The smallest absolute Gasteiger partial charge is 0.00390 e. The van der Waals surface area contributed by atoms with Crippen molar-refractivity contribution < 1.29 is 0 Å². The molecule has 0 N–H and O–H groups in total. The Morgan fingerprint density at radius 2 is 1.88 bits per heavy atom. The van der Waals surface area contributed by atoms with Crippen molar-refractivity contribution in [1.82, 2.24) is 9.80 Å². The lowest BCUT2D eigenvalue weighted by Crippen LogP contribution is -2.36. The highest BCUT2D eigenvalue weighted by Crippen LogP contribution is 2.34. The van der Waals surface area contributed by atoms with E-state index in [1.165, 1.54) is 39.0 Å². The Morgan fingerprint density at radius 3 is 2.29 bits per heavy atom. The Kier molecular flexibility index (Phi) is 5.46. The largest absolute Gasteiger partial charge is 0.301 e. The SMILES string of the molecule is CCN(CCC1(C)CCN(C(C)C)C1)C(C)C. The second-order valence-electron chi connectivity index (χ2n) is 6.60. The minimum atomic E-state index is 0.548. The Balaban J connectivity index is 2.41. The van der Waals surface area contributed by atoms with Crippen LogP contribution in [0, 0.1) is 5.41 Å². The molecule has 0 saturated carbocycles. The van der Waals surface area contributed by atoms with E-state index in [0.29, 0.717) is 17.5 Å². The van der Waals surface area contributed by atoms with Crippen molar-refractivity contribution in [3.63, 3.8) is 0 Å². The molecule has 1 unspecified atom stereocenters. The molecule has 102 valence electrons. The molecule has 1 aliphatic heterocycles. The third kappa shape index (κ3) is 4.26. The van der Waals surface area contributed by atoms with Gasteiger partial charge in [0.15, 0.2) is 0 Å². The fourth-order valence-corrected chi connectivity index (χ4v) is 2.90. The molecule has 0 radical (unpaired) electrons. The quantitative estimate of drug-likeness (QED) is 0.703. The number of nitrogens with zero attached hydrogens (tertiary/aromatic N) is 2. The van der Waals surface area contributed by atoms with Crippen molar-refractivity contribution in [2.24, 2.45) is 5.41 Å². The van der Waals surface area contributed by atoms with Crippen LogP contribution in [-0.2, 0) is 0 Å². The maximum absolute atomic E-state index is 2.63. The van der Waals surface area contributed by atoms with Crippen LogP contribution in [0.25, 0.3) is 0 Å². The highest BCUT2D eigenvalue weighted by atomic mass is 15.2. The fourth-order valence-electron chi connectivity index (χ4n) is 2.90. The maximum atomic E-state index is 2.63. The molecule has 1 saturated heterocycles. The highest BCUT2D eigenvalue weighted by molar-refractivity contribution is 4.88. The second kappa shape index (κ2) is 6.19. The molecule has 0 aromatic heterocycles. The van der Waals surface area contributed by atoms with Crippen LogP contribution in [-0.4, -0.2) is 48.1 Å². The van der Waals surface area contributed by atoms with E-state index in [4.69, 9.17) is 0 Å². The first-order valence-electron chi connectivity index (χ1n) is 7.36. The van der Waals surface area contributed by atoms with Crippen molar-refractivity contribution in [1.29, 1.82) is 0 Å². The normalized spacial score (nSPS) is 26.6. The molecule has 1 rings (SSSR count). The Bertz CT molecular complexity index is 225. The Hall–Kier alpha value is -0.0800. The summed E-state index contributed by atoms with van der Waals surface area (Å²) in [7, 11) is 0. The zero-order chi connectivity index (χ0) is 13.1. The van der Waals surface area contributed by atoms with Crippen LogP contribution in [0.1, 0.15) is 54.4 Å². The summed E-state index contributed by atoms with van der Waals surface area (Å²) in [6.45, 7) is 19.0. The molecule has 1 aliphatic rings. The van der Waals surface area contributed by atoms with Gasteiger partial charge in [-0.2, -0.15) is 0 Å². The van der Waals surface area contributed by atoms with E-state index in [2.05, 4.69) is 51.3 Å². The van der Waals surface area contributed by atoms with E-state index >= 15 is 0 Å². The van der Waals surface area contributed by atoms with Crippen LogP contribution in [0.2, 0.25) is 0 Å². The minimum absolute atomic E-state index is 0.548. The van der Waals surface area contributed by atoms with Gasteiger partial charge in [0.05, 0.1) is 0 Å². The second-order valence-corrected chi connectivity index (χ2v) is 6.60. The van der Waals surface area contributed by atoms with Gasteiger partial charge in [0.2, 0.25) is 0 Å². The molecule has 1 fully saturated rings. The standard InChI is InChI=1S/C15H32N2/c1-7-16(13(2)3)10-8-15(6)9-11-17(12-15)14(4)5/h13-14H,7-12H2,1-6H3. The zero-order valence-electron chi connectivity index (χ0n) is 12.8. The van der Waals surface area contributed by atoms with Crippen LogP contribution in [0.5, 0.6) is 0 Å². The van der Waals surface area contributed by atoms with Crippen molar-refractivity contribution in [2.45, 2.75) is 66.5 Å². The summed E-state index contributed by atoms with van der Waals surface area (Å²) in [5.41, 5.74) is 0.548. The maximum Gasteiger partial charge on any atom is 0.00390 e. The molecule has 0 aromatic carbocycles. The lowest BCUT2D eigenvalue weighted by atomic mass is 9.85. The van der Waals surface area contributed by atoms with Gasteiger partial charge in [-0.3, -0.25) is 0 Å². The summed E-state index contributed by atoms with van der Waals surface area (Å²) in [5.74, 6) is 0. The number of hydrogen-bond acceptors (Lipinski definition) is 2. The molecule has 17 heavy (non-hydrogen) atoms. The van der Waals surface area contributed by atoms with Gasteiger partial charge >= 0.3 is 0 Å². The van der Waals surface area contributed by atoms with Gasteiger partial charge in [0.25, 0.3) is 0 Å². The van der Waals surface area contributed by atoms with Crippen LogP contribution in [0.3, 0.4) is 0 Å². The zero-order valence-corrected chi connectivity index (χ0v) is 12.8. The van der Waals surface area contributed by atoms with Gasteiger partial charge in [-0.05, 0) is 65.6 Å². The first kappa shape index (κ1) is 15.0. The Morgan fingerprint density at radius 1 is 1.24 bits per heavy atom. The van der Waals surface area contributed by atoms with E-state index in [9.17, 15) is 0 Å². The fraction of sp³-hybridized carbons (Fsp3) is 1.00. The first-order valence-corrected chi connectivity index (χ1v) is 7.36. The molecule has 2 heteroatoms. The lowest BCUT2D eigenvalue weighted by molar-refractivity contribution is 0.172. The molecule has 2 nitrogen and oxygen atoms in total. The third-order valence-corrected chi connectivity index (χ3v) is 4.46. The summed E-state index contributed by atoms with van der Waals surface area (Å²) < 4.78 is 0. The molecule has 1 heterocycles. The number of rotatable bonds is 6. The summed E-state index contributed by atoms with van der Waals surface area (Å²) in [6.07, 6.45) is 2.73. The molecule has 0 aliphatic carbocycles. The van der Waals surface area contributed by atoms with E-state index < -0.39 is 0 Å². The molecule has 0 amide bonds.